The monoisotopic (exact) mass is 761 g/mol. The van der Waals surface area contributed by atoms with Gasteiger partial charge in [-0.3, -0.25) is 0 Å². The van der Waals surface area contributed by atoms with Crippen molar-refractivity contribution < 1.29 is 24.5 Å². The van der Waals surface area contributed by atoms with E-state index in [-0.39, 0.29) is 25.5 Å². The Morgan fingerprint density at radius 2 is 1.51 bits per heavy atom. The molecule has 0 atom stereocenters. The Morgan fingerprint density at radius 1 is 0.814 bits per heavy atom. The number of furan rings is 1. The Labute approximate surface area is 271 Å². The summed E-state index contributed by atoms with van der Waals surface area (Å²) in [6.07, 6.45) is 6.12. The first-order valence-electron chi connectivity index (χ1n) is 14.9. The van der Waals surface area contributed by atoms with Gasteiger partial charge in [0, 0.05) is 46.0 Å². The molecule has 43 heavy (non-hydrogen) atoms. The van der Waals surface area contributed by atoms with E-state index in [4.69, 9.17) is 9.40 Å². The molecular formula is C38H40IrN2OSi-2. The SMILES string of the molecule is CCC(C)(CC)c1ccc(-c2[c-]cc([Si](C)(C)C)c3c2oc2ccccc23)nc1.Cc1ccc(-c2[c-]cccc2)nc1.[Ir]. The van der Waals surface area contributed by atoms with Gasteiger partial charge >= 0.3 is 0 Å². The van der Waals surface area contributed by atoms with Crippen LogP contribution in [0.5, 0.6) is 0 Å². The van der Waals surface area contributed by atoms with Crippen molar-refractivity contribution in [3.05, 3.63) is 115 Å². The second-order valence-corrected chi connectivity index (χ2v) is 17.4. The molecule has 0 fully saturated rings. The van der Waals surface area contributed by atoms with Gasteiger partial charge in [-0.15, -0.1) is 53.2 Å². The predicted octanol–water partition coefficient (Wildman–Crippen LogP) is 9.93. The molecule has 3 heterocycles. The number of pyridine rings is 2. The van der Waals surface area contributed by atoms with Crippen LogP contribution >= 0.6 is 0 Å². The molecule has 0 aliphatic rings. The van der Waals surface area contributed by atoms with Crippen molar-refractivity contribution in [3.63, 3.8) is 0 Å². The summed E-state index contributed by atoms with van der Waals surface area (Å²) in [5.41, 5.74) is 8.41. The van der Waals surface area contributed by atoms with Crippen LogP contribution in [-0.4, -0.2) is 18.0 Å². The summed E-state index contributed by atoms with van der Waals surface area (Å²) in [6, 6.07) is 33.5. The quantitative estimate of drug-likeness (QED) is 0.125. The van der Waals surface area contributed by atoms with Gasteiger partial charge in [-0.05, 0) is 53.8 Å². The first kappa shape index (κ1) is 32.5. The maximum absolute atomic E-state index is 6.36. The molecular weight excluding hydrogens is 721 g/mol. The molecule has 6 aromatic rings. The zero-order valence-electron chi connectivity index (χ0n) is 26.2. The first-order chi connectivity index (χ1) is 20.1. The van der Waals surface area contributed by atoms with E-state index in [1.807, 2.05) is 55.7 Å². The Bertz CT molecular complexity index is 1780. The molecule has 3 aromatic heterocycles. The van der Waals surface area contributed by atoms with Gasteiger partial charge in [0.25, 0.3) is 0 Å². The van der Waals surface area contributed by atoms with Gasteiger partial charge in [0.2, 0.25) is 0 Å². The Morgan fingerprint density at radius 3 is 2.12 bits per heavy atom. The number of benzene rings is 3. The Hall–Kier alpha value is -3.37. The predicted molar refractivity (Wildman–Crippen MR) is 180 cm³/mol. The second kappa shape index (κ2) is 13.5. The second-order valence-electron chi connectivity index (χ2n) is 12.3. The molecule has 3 aromatic carbocycles. The number of para-hydroxylation sites is 1. The van der Waals surface area contributed by atoms with Gasteiger partial charge in [-0.1, -0.05) is 93.8 Å². The van der Waals surface area contributed by atoms with Crippen molar-refractivity contribution in [1.82, 2.24) is 9.97 Å². The maximum Gasteiger partial charge on any atom is 0.120 e. The van der Waals surface area contributed by atoms with Crippen molar-refractivity contribution in [1.29, 1.82) is 0 Å². The van der Waals surface area contributed by atoms with Crippen LogP contribution in [0, 0.1) is 19.1 Å². The van der Waals surface area contributed by atoms with Crippen LogP contribution in [0.4, 0.5) is 0 Å². The van der Waals surface area contributed by atoms with Gasteiger partial charge in [-0.2, -0.15) is 0 Å². The van der Waals surface area contributed by atoms with Crippen LogP contribution < -0.4 is 5.19 Å². The number of hydrogen-bond acceptors (Lipinski definition) is 3. The number of rotatable bonds is 6. The Balaban J connectivity index is 0.000000253. The van der Waals surface area contributed by atoms with Crippen molar-refractivity contribution in [2.24, 2.45) is 0 Å². The third-order valence-electron chi connectivity index (χ3n) is 8.43. The standard InChI is InChI=1S/C26H30NOSi.C12H10N.Ir/c1-7-26(3,8-2)18-13-15-21(27-17-18)19-14-16-23(29(4,5)6)24-20-11-9-10-12-22(20)28-25(19)24;1-10-7-8-12(13-9-10)11-5-3-2-4-6-11;/h9-13,15-17H,7-8H2,1-6H3;2-5,7-9H,1H3;/q2*-1;. The molecule has 1 radical (unpaired) electrons. The fourth-order valence-electron chi connectivity index (χ4n) is 5.29. The average Bonchev–Trinajstić information content (AvgIpc) is 3.40. The van der Waals surface area contributed by atoms with E-state index in [0.29, 0.717) is 0 Å². The molecule has 0 unspecified atom stereocenters. The topological polar surface area (TPSA) is 38.9 Å². The maximum atomic E-state index is 6.36. The first-order valence-corrected chi connectivity index (χ1v) is 18.4. The fourth-order valence-corrected chi connectivity index (χ4v) is 6.79. The number of fused-ring (bicyclic) bond motifs is 3. The van der Waals surface area contributed by atoms with E-state index in [9.17, 15) is 0 Å². The number of aryl methyl sites for hydroxylation is 1. The smallest absolute Gasteiger partial charge is 0.120 e. The summed E-state index contributed by atoms with van der Waals surface area (Å²) in [5.74, 6) is 0. The van der Waals surface area contributed by atoms with E-state index in [2.05, 4.69) is 100.0 Å². The molecule has 0 aliphatic carbocycles. The van der Waals surface area contributed by atoms with Crippen molar-refractivity contribution in [2.75, 3.05) is 0 Å². The Kier molecular flexibility index (Phi) is 10.2. The fraction of sp³-hybridized carbons (Fsp3) is 0.263. The van der Waals surface area contributed by atoms with E-state index in [1.54, 1.807) is 0 Å². The van der Waals surface area contributed by atoms with Crippen molar-refractivity contribution in [2.45, 2.75) is 65.6 Å². The summed E-state index contributed by atoms with van der Waals surface area (Å²) in [6.45, 7) is 16.0. The molecule has 0 N–H and O–H groups in total. The third kappa shape index (κ3) is 6.91. The van der Waals surface area contributed by atoms with Gasteiger partial charge in [0.1, 0.15) is 5.58 Å². The summed E-state index contributed by atoms with van der Waals surface area (Å²) in [5, 5.41) is 3.82. The molecule has 0 saturated carbocycles. The molecule has 0 aliphatic heterocycles. The zero-order chi connectivity index (χ0) is 29.9. The zero-order valence-corrected chi connectivity index (χ0v) is 29.6. The molecule has 0 bridgehead atoms. The van der Waals surface area contributed by atoms with Crippen molar-refractivity contribution in [3.8, 4) is 22.5 Å². The van der Waals surface area contributed by atoms with Gasteiger partial charge in [0.15, 0.2) is 0 Å². The molecule has 0 saturated heterocycles. The van der Waals surface area contributed by atoms with E-state index < -0.39 is 8.07 Å². The minimum atomic E-state index is -1.56. The normalized spacial score (nSPS) is 11.6. The van der Waals surface area contributed by atoms with Crippen LogP contribution in [0.2, 0.25) is 19.6 Å². The summed E-state index contributed by atoms with van der Waals surface area (Å²) >= 11 is 0. The summed E-state index contributed by atoms with van der Waals surface area (Å²) < 4.78 is 6.36. The largest absolute Gasteiger partial charge is 0.501 e. The number of hydrogen-bond donors (Lipinski definition) is 0. The van der Waals surface area contributed by atoms with Gasteiger partial charge in [0.05, 0.1) is 5.58 Å². The van der Waals surface area contributed by atoms with E-state index in [1.165, 1.54) is 27.1 Å². The van der Waals surface area contributed by atoms with E-state index >= 15 is 0 Å². The van der Waals surface area contributed by atoms with E-state index in [0.717, 1.165) is 46.5 Å². The van der Waals surface area contributed by atoms with Crippen molar-refractivity contribution >= 4 is 35.2 Å². The van der Waals surface area contributed by atoms with Crippen LogP contribution in [0.3, 0.4) is 0 Å². The molecule has 223 valence electrons. The van der Waals surface area contributed by atoms with Gasteiger partial charge in [-0.25, -0.2) is 0 Å². The minimum Gasteiger partial charge on any atom is -0.501 e. The molecule has 6 rings (SSSR count). The van der Waals surface area contributed by atoms with Crippen LogP contribution in [0.15, 0.2) is 95.7 Å². The number of nitrogens with zero attached hydrogens (tertiary/aromatic N) is 2. The summed E-state index contributed by atoms with van der Waals surface area (Å²) in [7, 11) is -1.56. The van der Waals surface area contributed by atoms with Crippen LogP contribution in [0.25, 0.3) is 44.5 Å². The minimum absolute atomic E-state index is 0. The van der Waals surface area contributed by atoms with Gasteiger partial charge < -0.3 is 14.4 Å². The molecule has 3 nitrogen and oxygen atoms in total. The summed E-state index contributed by atoms with van der Waals surface area (Å²) in [4.78, 5) is 9.16. The van der Waals surface area contributed by atoms with Crippen LogP contribution in [-0.2, 0) is 25.5 Å². The molecule has 0 spiro atoms. The molecule has 5 heteroatoms. The number of aromatic nitrogens is 2. The van der Waals surface area contributed by atoms with Crippen LogP contribution in [0.1, 0.15) is 44.7 Å². The molecule has 0 amide bonds. The average molecular weight is 761 g/mol. The third-order valence-corrected chi connectivity index (χ3v) is 10.4.